The number of carbonyl (C=O) groups is 1. The standard InChI is InChI=1S/C9H13N3O/c1-6(12-11)7-4-2-3-5-8(7)9(10)13/h2-6,12H,11H2,1H3,(H2,10,13). The molecule has 1 unspecified atom stereocenters. The molecule has 0 radical (unpaired) electrons. The van der Waals surface area contributed by atoms with Crippen LogP contribution in [0.4, 0.5) is 0 Å². The minimum absolute atomic E-state index is 0.0799. The van der Waals surface area contributed by atoms with Crippen LogP contribution in [0.1, 0.15) is 28.9 Å². The topological polar surface area (TPSA) is 81.1 Å². The van der Waals surface area contributed by atoms with E-state index in [0.29, 0.717) is 5.56 Å². The van der Waals surface area contributed by atoms with Crippen molar-refractivity contribution in [2.24, 2.45) is 11.6 Å². The number of hydrogen-bond donors (Lipinski definition) is 3. The van der Waals surface area contributed by atoms with Gasteiger partial charge in [0, 0.05) is 11.6 Å². The van der Waals surface area contributed by atoms with Gasteiger partial charge in [-0.3, -0.25) is 16.1 Å². The van der Waals surface area contributed by atoms with Crippen LogP contribution in [0.5, 0.6) is 0 Å². The van der Waals surface area contributed by atoms with E-state index in [1.54, 1.807) is 12.1 Å². The van der Waals surface area contributed by atoms with Crippen molar-refractivity contribution in [3.63, 3.8) is 0 Å². The SMILES string of the molecule is CC(NN)c1ccccc1C(N)=O. The lowest BCUT2D eigenvalue weighted by molar-refractivity contribution is 0.0999. The van der Waals surface area contributed by atoms with E-state index in [2.05, 4.69) is 5.43 Å². The molecule has 1 amide bonds. The first-order chi connectivity index (χ1) is 6.16. The summed E-state index contributed by atoms with van der Waals surface area (Å²) >= 11 is 0. The molecular weight excluding hydrogens is 166 g/mol. The van der Waals surface area contributed by atoms with Gasteiger partial charge < -0.3 is 5.73 Å². The highest BCUT2D eigenvalue weighted by Gasteiger charge is 2.11. The van der Waals surface area contributed by atoms with Crippen LogP contribution < -0.4 is 17.0 Å². The highest BCUT2D eigenvalue weighted by atomic mass is 16.1. The maximum atomic E-state index is 11.0. The maximum Gasteiger partial charge on any atom is 0.249 e. The molecule has 0 aliphatic rings. The molecule has 4 nitrogen and oxygen atoms in total. The fourth-order valence-electron chi connectivity index (χ4n) is 1.19. The van der Waals surface area contributed by atoms with E-state index < -0.39 is 5.91 Å². The van der Waals surface area contributed by atoms with Gasteiger partial charge in [0.15, 0.2) is 0 Å². The monoisotopic (exact) mass is 179 g/mol. The summed E-state index contributed by atoms with van der Waals surface area (Å²) in [6, 6.07) is 7.04. The van der Waals surface area contributed by atoms with Crippen molar-refractivity contribution in [3.8, 4) is 0 Å². The molecule has 0 saturated heterocycles. The number of rotatable bonds is 3. The summed E-state index contributed by atoms with van der Waals surface area (Å²) in [4.78, 5) is 11.0. The maximum absolute atomic E-state index is 11.0. The Morgan fingerprint density at radius 1 is 1.46 bits per heavy atom. The first kappa shape index (κ1) is 9.70. The highest BCUT2D eigenvalue weighted by molar-refractivity contribution is 5.94. The van der Waals surface area contributed by atoms with E-state index in [0.717, 1.165) is 5.56 Å². The predicted octanol–water partition coefficient (Wildman–Crippen LogP) is 0.310. The molecule has 0 aliphatic heterocycles. The Morgan fingerprint density at radius 2 is 2.08 bits per heavy atom. The second-order valence-electron chi connectivity index (χ2n) is 2.84. The molecule has 1 aromatic carbocycles. The van der Waals surface area contributed by atoms with Gasteiger partial charge in [0.05, 0.1) is 0 Å². The van der Waals surface area contributed by atoms with Crippen LogP contribution in [-0.2, 0) is 0 Å². The number of hydrazine groups is 1. The summed E-state index contributed by atoms with van der Waals surface area (Å²) in [7, 11) is 0. The van der Waals surface area contributed by atoms with E-state index in [4.69, 9.17) is 11.6 Å². The minimum Gasteiger partial charge on any atom is -0.366 e. The fourth-order valence-corrected chi connectivity index (χ4v) is 1.19. The van der Waals surface area contributed by atoms with Gasteiger partial charge in [-0.2, -0.15) is 0 Å². The van der Waals surface area contributed by atoms with E-state index in [-0.39, 0.29) is 6.04 Å². The van der Waals surface area contributed by atoms with Gasteiger partial charge in [0.2, 0.25) is 5.91 Å². The third-order valence-electron chi connectivity index (χ3n) is 1.94. The normalized spacial score (nSPS) is 12.5. The molecule has 0 aliphatic carbocycles. The molecule has 0 bridgehead atoms. The molecule has 70 valence electrons. The van der Waals surface area contributed by atoms with E-state index in [9.17, 15) is 4.79 Å². The number of benzene rings is 1. The van der Waals surface area contributed by atoms with Crippen LogP contribution >= 0.6 is 0 Å². The van der Waals surface area contributed by atoms with Crippen molar-refractivity contribution in [2.75, 3.05) is 0 Å². The number of amides is 1. The summed E-state index contributed by atoms with van der Waals surface area (Å²) in [6.45, 7) is 1.86. The van der Waals surface area contributed by atoms with Crippen LogP contribution in [0.25, 0.3) is 0 Å². The number of nitrogens with two attached hydrogens (primary N) is 2. The lowest BCUT2D eigenvalue weighted by Crippen LogP contribution is -2.27. The average molecular weight is 179 g/mol. The summed E-state index contributed by atoms with van der Waals surface area (Å²) < 4.78 is 0. The number of primary amides is 1. The zero-order chi connectivity index (χ0) is 9.84. The van der Waals surface area contributed by atoms with Gasteiger partial charge >= 0.3 is 0 Å². The van der Waals surface area contributed by atoms with Crippen LogP contribution in [-0.4, -0.2) is 5.91 Å². The second kappa shape index (κ2) is 4.02. The molecule has 1 rings (SSSR count). The fraction of sp³-hybridized carbons (Fsp3) is 0.222. The Morgan fingerprint density at radius 3 is 2.62 bits per heavy atom. The molecule has 0 aromatic heterocycles. The Kier molecular flexibility index (Phi) is 3.00. The molecular formula is C9H13N3O. The second-order valence-corrected chi connectivity index (χ2v) is 2.84. The van der Waals surface area contributed by atoms with Crippen molar-refractivity contribution < 1.29 is 4.79 Å². The third-order valence-corrected chi connectivity index (χ3v) is 1.94. The van der Waals surface area contributed by atoms with Crippen molar-refractivity contribution in [3.05, 3.63) is 35.4 Å². The zero-order valence-corrected chi connectivity index (χ0v) is 7.45. The molecule has 0 fully saturated rings. The lowest BCUT2D eigenvalue weighted by atomic mass is 10.0. The summed E-state index contributed by atoms with van der Waals surface area (Å²) in [5.41, 5.74) is 9.09. The highest BCUT2D eigenvalue weighted by Crippen LogP contribution is 2.15. The Labute approximate surface area is 76.9 Å². The van der Waals surface area contributed by atoms with Gasteiger partial charge in [0.1, 0.15) is 0 Å². The Bertz CT molecular complexity index is 311. The Balaban J connectivity index is 3.11. The lowest BCUT2D eigenvalue weighted by Gasteiger charge is -2.12. The Hall–Kier alpha value is -1.39. The van der Waals surface area contributed by atoms with Crippen molar-refractivity contribution in [1.29, 1.82) is 0 Å². The molecule has 1 atom stereocenters. The van der Waals surface area contributed by atoms with Gasteiger partial charge in [-0.1, -0.05) is 18.2 Å². The van der Waals surface area contributed by atoms with E-state index >= 15 is 0 Å². The van der Waals surface area contributed by atoms with Gasteiger partial charge in [-0.25, -0.2) is 0 Å². The molecule has 0 heterocycles. The molecule has 4 heteroatoms. The van der Waals surface area contributed by atoms with E-state index in [1.165, 1.54) is 0 Å². The van der Waals surface area contributed by atoms with Crippen molar-refractivity contribution in [1.82, 2.24) is 5.43 Å². The minimum atomic E-state index is -0.433. The quantitative estimate of drug-likeness (QED) is 0.461. The molecule has 13 heavy (non-hydrogen) atoms. The van der Waals surface area contributed by atoms with Gasteiger partial charge in [-0.05, 0) is 18.6 Å². The van der Waals surface area contributed by atoms with Crippen LogP contribution in [0, 0.1) is 0 Å². The number of hydrogen-bond acceptors (Lipinski definition) is 3. The molecule has 0 saturated carbocycles. The first-order valence-corrected chi connectivity index (χ1v) is 4.01. The molecule has 1 aromatic rings. The predicted molar refractivity (Wildman–Crippen MR) is 50.7 cm³/mol. The average Bonchev–Trinajstić information content (AvgIpc) is 2.16. The van der Waals surface area contributed by atoms with Crippen LogP contribution in [0.3, 0.4) is 0 Å². The first-order valence-electron chi connectivity index (χ1n) is 4.01. The van der Waals surface area contributed by atoms with Gasteiger partial charge in [-0.15, -0.1) is 0 Å². The molecule has 0 spiro atoms. The summed E-state index contributed by atoms with van der Waals surface area (Å²) in [6.07, 6.45) is 0. The third kappa shape index (κ3) is 2.05. The number of nitrogens with one attached hydrogen (secondary N) is 1. The smallest absolute Gasteiger partial charge is 0.249 e. The van der Waals surface area contributed by atoms with Crippen LogP contribution in [0.15, 0.2) is 24.3 Å². The summed E-state index contributed by atoms with van der Waals surface area (Å²) in [5, 5.41) is 0. The van der Waals surface area contributed by atoms with Gasteiger partial charge in [0.25, 0.3) is 0 Å². The van der Waals surface area contributed by atoms with E-state index in [1.807, 2.05) is 19.1 Å². The number of carbonyl (C=O) groups excluding carboxylic acids is 1. The zero-order valence-electron chi connectivity index (χ0n) is 7.45. The van der Waals surface area contributed by atoms with Crippen molar-refractivity contribution >= 4 is 5.91 Å². The van der Waals surface area contributed by atoms with Crippen molar-refractivity contribution in [2.45, 2.75) is 13.0 Å². The summed E-state index contributed by atoms with van der Waals surface area (Å²) in [5.74, 6) is 4.84. The molecule has 5 N–H and O–H groups in total. The largest absolute Gasteiger partial charge is 0.366 e. The van der Waals surface area contributed by atoms with Crippen LogP contribution in [0.2, 0.25) is 0 Å².